The van der Waals surface area contributed by atoms with Crippen LogP contribution in [0.4, 0.5) is 0 Å². The van der Waals surface area contributed by atoms with Crippen LogP contribution in [0.5, 0.6) is 0 Å². The topological polar surface area (TPSA) is 49.5 Å². The summed E-state index contributed by atoms with van der Waals surface area (Å²) < 4.78 is 0. The molecule has 1 unspecified atom stereocenters. The monoisotopic (exact) mass is 186 g/mol. The fraction of sp³-hybridized carbons (Fsp3) is 1.00. The highest BCUT2D eigenvalue weighted by molar-refractivity contribution is 4.84. The molecule has 0 aromatic carbocycles. The van der Waals surface area contributed by atoms with Crippen LogP contribution < -0.4 is 5.73 Å². The molecule has 0 aliphatic heterocycles. The normalized spacial score (nSPS) is 19.4. The molecule has 0 aromatic rings. The van der Waals surface area contributed by atoms with Gasteiger partial charge in [0.05, 0.1) is 6.10 Å². The highest BCUT2D eigenvalue weighted by Gasteiger charge is 2.27. The zero-order chi connectivity index (χ0) is 9.68. The molecule has 0 amide bonds. The largest absolute Gasteiger partial charge is 0.393 e. The van der Waals surface area contributed by atoms with Gasteiger partial charge < -0.3 is 15.7 Å². The summed E-state index contributed by atoms with van der Waals surface area (Å²) in [5.74, 6) is 0. The van der Waals surface area contributed by atoms with Gasteiger partial charge in [-0.3, -0.25) is 0 Å². The quantitative estimate of drug-likeness (QED) is 0.611. The summed E-state index contributed by atoms with van der Waals surface area (Å²) in [6.45, 7) is 4.77. The Morgan fingerprint density at radius 2 is 2.15 bits per heavy atom. The third kappa shape index (κ3) is 4.60. The van der Waals surface area contributed by atoms with Gasteiger partial charge in [0.1, 0.15) is 0 Å². The highest BCUT2D eigenvalue weighted by atomic mass is 16.3. The predicted molar refractivity (Wildman–Crippen MR) is 54.6 cm³/mol. The van der Waals surface area contributed by atoms with Gasteiger partial charge in [0.15, 0.2) is 0 Å². The average molecular weight is 186 g/mol. The molecule has 0 heterocycles. The first kappa shape index (κ1) is 11.0. The molecule has 78 valence electrons. The molecule has 0 saturated heterocycles. The van der Waals surface area contributed by atoms with Crippen molar-refractivity contribution in [2.75, 3.05) is 19.6 Å². The zero-order valence-corrected chi connectivity index (χ0v) is 8.58. The molecule has 13 heavy (non-hydrogen) atoms. The van der Waals surface area contributed by atoms with Crippen molar-refractivity contribution in [2.45, 2.75) is 44.8 Å². The van der Waals surface area contributed by atoms with Crippen LogP contribution in [0.2, 0.25) is 0 Å². The Morgan fingerprint density at radius 1 is 1.46 bits per heavy atom. The van der Waals surface area contributed by atoms with Crippen LogP contribution in [0.15, 0.2) is 0 Å². The lowest BCUT2D eigenvalue weighted by molar-refractivity contribution is 0.152. The number of nitrogens with two attached hydrogens (primary N) is 1. The van der Waals surface area contributed by atoms with E-state index in [-0.39, 0.29) is 6.10 Å². The summed E-state index contributed by atoms with van der Waals surface area (Å²) in [6.07, 6.45) is 4.48. The Kier molecular flexibility index (Phi) is 4.70. The van der Waals surface area contributed by atoms with E-state index in [0.29, 0.717) is 0 Å². The van der Waals surface area contributed by atoms with Gasteiger partial charge in [0, 0.05) is 12.6 Å². The first-order chi connectivity index (χ1) is 6.24. The van der Waals surface area contributed by atoms with E-state index in [9.17, 15) is 5.11 Å². The molecular weight excluding hydrogens is 164 g/mol. The molecule has 0 spiro atoms. The first-order valence-electron chi connectivity index (χ1n) is 5.36. The fourth-order valence-corrected chi connectivity index (χ4v) is 1.56. The summed E-state index contributed by atoms with van der Waals surface area (Å²) in [7, 11) is 0. The van der Waals surface area contributed by atoms with Crippen molar-refractivity contribution in [3.8, 4) is 0 Å². The lowest BCUT2D eigenvalue weighted by Crippen LogP contribution is -2.31. The maximum absolute atomic E-state index is 9.18. The van der Waals surface area contributed by atoms with E-state index in [1.165, 1.54) is 12.8 Å². The van der Waals surface area contributed by atoms with Crippen molar-refractivity contribution < 1.29 is 5.11 Å². The van der Waals surface area contributed by atoms with Crippen LogP contribution in [0.1, 0.15) is 32.6 Å². The second-order valence-electron chi connectivity index (χ2n) is 4.05. The third-order valence-electron chi connectivity index (χ3n) is 2.55. The van der Waals surface area contributed by atoms with Crippen molar-refractivity contribution >= 4 is 0 Å². The Labute approximate surface area is 80.9 Å². The standard InChI is InChI=1S/C10H22N2O/c1-9(13)5-8-12(7-2-6-11)10-3-4-10/h9-10,13H,2-8,11H2,1H3. The molecule has 3 N–H and O–H groups in total. The van der Waals surface area contributed by atoms with Gasteiger partial charge in [0.2, 0.25) is 0 Å². The van der Waals surface area contributed by atoms with E-state index < -0.39 is 0 Å². The molecule has 1 atom stereocenters. The Hall–Kier alpha value is -0.120. The molecule has 3 heteroatoms. The van der Waals surface area contributed by atoms with Crippen LogP contribution in [-0.4, -0.2) is 41.8 Å². The lowest BCUT2D eigenvalue weighted by Gasteiger charge is -2.22. The van der Waals surface area contributed by atoms with Gasteiger partial charge in [-0.05, 0) is 45.7 Å². The molecule has 1 aliphatic rings. The summed E-state index contributed by atoms with van der Waals surface area (Å²) in [5, 5.41) is 9.18. The number of hydrogen-bond donors (Lipinski definition) is 2. The van der Waals surface area contributed by atoms with E-state index in [1.807, 2.05) is 6.92 Å². The van der Waals surface area contributed by atoms with E-state index >= 15 is 0 Å². The maximum atomic E-state index is 9.18. The molecule has 0 aromatic heterocycles. The minimum absolute atomic E-state index is 0.167. The van der Waals surface area contributed by atoms with E-state index in [4.69, 9.17) is 5.73 Å². The summed E-state index contributed by atoms with van der Waals surface area (Å²) >= 11 is 0. The Bertz CT molecular complexity index is 135. The maximum Gasteiger partial charge on any atom is 0.0524 e. The predicted octanol–water partition coefficient (Wildman–Crippen LogP) is 0.570. The SMILES string of the molecule is CC(O)CCN(CCCN)C1CC1. The van der Waals surface area contributed by atoms with E-state index in [0.717, 1.165) is 38.5 Å². The molecule has 0 radical (unpaired) electrons. The van der Waals surface area contributed by atoms with Crippen LogP contribution in [0.3, 0.4) is 0 Å². The summed E-state index contributed by atoms with van der Waals surface area (Å²) in [4.78, 5) is 2.47. The fourth-order valence-electron chi connectivity index (χ4n) is 1.56. The summed E-state index contributed by atoms with van der Waals surface area (Å²) in [6, 6.07) is 0.797. The Morgan fingerprint density at radius 3 is 2.62 bits per heavy atom. The number of hydrogen-bond acceptors (Lipinski definition) is 3. The lowest BCUT2D eigenvalue weighted by atomic mass is 10.2. The highest BCUT2D eigenvalue weighted by Crippen LogP contribution is 2.26. The second kappa shape index (κ2) is 5.58. The number of rotatable bonds is 7. The Balaban J connectivity index is 2.13. The average Bonchev–Trinajstić information content (AvgIpc) is 2.87. The minimum Gasteiger partial charge on any atom is -0.393 e. The first-order valence-corrected chi connectivity index (χ1v) is 5.36. The third-order valence-corrected chi connectivity index (χ3v) is 2.55. The van der Waals surface area contributed by atoms with Gasteiger partial charge in [-0.15, -0.1) is 0 Å². The molecule has 1 fully saturated rings. The van der Waals surface area contributed by atoms with Gasteiger partial charge in [-0.25, -0.2) is 0 Å². The molecular formula is C10H22N2O. The number of nitrogens with zero attached hydrogens (tertiary/aromatic N) is 1. The molecule has 1 saturated carbocycles. The van der Waals surface area contributed by atoms with E-state index in [2.05, 4.69) is 4.90 Å². The molecule has 0 bridgehead atoms. The van der Waals surface area contributed by atoms with Gasteiger partial charge in [0.25, 0.3) is 0 Å². The summed E-state index contributed by atoms with van der Waals surface area (Å²) in [5.41, 5.74) is 5.48. The van der Waals surface area contributed by atoms with Crippen LogP contribution >= 0.6 is 0 Å². The molecule has 1 rings (SSSR count). The second-order valence-corrected chi connectivity index (χ2v) is 4.05. The van der Waals surface area contributed by atoms with Crippen molar-refractivity contribution in [3.05, 3.63) is 0 Å². The molecule has 3 nitrogen and oxygen atoms in total. The van der Waals surface area contributed by atoms with Gasteiger partial charge >= 0.3 is 0 Å². The van der Waals surface area contributed by atoms with Crippen molar-refractivity contribution in [1.29, 1.82) is 0 Å². The van der Waals surface area contributed by atoms with Crippen molar-refractivity contribution in [3.63, 3.8) is 0 Å². The van der Waals surface area contributed by atoms with Gasteiger partial charge in [-0.1, -0.05) is 0 Å². The van der Waals surface area contributed by atoms with Crippen molar-refractivity contribution in [1.82, 2.24) is 4.90 Å². The van der Waals surface area contributed by atoms with Crippen molar-refractivity contribution in [2.24, 2.45) is 5.73 Å². The smallest absolute Gasteiger partial charge is 0.0524 e. The van der Waals surface area contributed by atoms with Gasteiger partial charge in [-0.2, -0.15) is 0 Å². The van der Waals surface area contributed by atoms with Crippen LogP contribution in [-0.2, 0) is 0 Å². The minimum atomic E-state index is -0.167. The zero-order valence-electron chi connectivity index (χ0n) is 8.58. The molecule has 1 aliphatic carbocycles. The van der Waals surface area contributed by atoms with E-state index in [1.54, 1.807) is 0 Å². The number of aliphatic hydroxyl groups excluding tert-OH is 1. The van der Waals surface area contributed by atoms with Crippen LogP contribution in [0.25, 0.3) is 0 Å². The van der Waals surface area contributed by atoms with Crippen LogP contribution in [0, 0.1) is 0 Å². The number of aliphatic hydroxyl groups is 1.